The lowest BCUT2D eigenvalue weighted by Crippen LogP contribution is -2.27. The van der Waals surface area contributed by atoms with Crippen molar-refractivity contribution in [3.63, 3.8) is 0 Å². The molecule has 0 saturated heterocycles. The Balaban J connectivity index is 1.85. The highest BCUT2D eigenvalue weighted by Gasteiger charge is 2.21. The van der Waals surface area contributed by atoms with Gasteiger partial charge in [0.2, 0.25) is 15.9 Å². The minimum Gasteiger partial charge on any atom is -0.326 e. The molecule has 1 aromatic rings. The second-order valence-electron chi connectivity index (χ2n) is 5.68. The van der Waals surface area contributed by atoms with E-state index < -0.39 is 10.0 Å². The fraction of sp³-hybridized carbons (Fsp3) is 0.562. The van der Waals surface area contributed by atoms with E-state index in [0.29, 0.717) is 12.2 Å². The lowest BCUT2D eigenvalue weighted by atomic mass is 10.2. The number of carbonyl (C=O) groups is 1. The van der Waals surface area contributed by atoms with Crippen LogP contribution in [0.15, 0.2) is 23.1 Å². The molecule has 2 N–H and O–H groups in total. The smallest absolute Gasteiger partial charge is 0.240 e. The maximum atomic E-state index is 12.3. The maximum Gasteiger partial charge on any atom is 0.240 e. The first-order valence-electron chi connectivity index (χ1n) is 8.11. The Hall–Kier alpha value is -1.44. The third-order valence-corrected chi connectivity index (χ3v) is 5.56. The van der Waals surface area contributed by atoms with E-state index in [9.17, 15) is 13.2 Å². The average molecular weight is 339 g/mol. The van der Waals surface area contributed by atoms with Crippen molar-refractivity contribution in [1.29, 1.82) is 0 Å². The molecule has 2 rings (SSSR count). The topological polar surface area (TPSA) is 78.5 Å². The molecule has 0 spiro atoms. The second-order valence-corrected chi connectivity index (χ2v) is 7.44. The van der Waals surface area contributed by atoms with E-state index in [1.807, 2.05) is 0 Å². The van der Waals surface area contributed by atoms with E-state index in [1.54, 1.807) is 12.1 Å². The highest BCUT2D eigenvalue weighted by atomic mass is 32.2. The van der Waals surface area contributed by atoms with Crippen molar-refractivity contribution in [2.24, 2.45) is 0 Å². The number of unbranched alkanes of at least 4 members (excludes halogenated alkanes) is 1. The summed E-state index contributed by atoms with van der Waals surface area (Å²) in [5.41, 5.74) is 1.44. The van der Waals surface area contributed by atoms with Gasteiger partial charge in [-0.25, -0.2) is 13.1 Å². The molecule has 0 bridgehead atoms. The number of benzene rings is 1. The Morgan fingerprint density at radius 2 is 1.96 bits per heavy atom. The summed E-state index contributed by atoms with van der Waals surface area (Å²) in [5.74, 6) is -0.0982. The van der Waals surface area contributed by atoms with Gasteiger partial charge in [-0.2, -0.15) is 0 Å². The maximum absolute atomic E-state index is 12.3. The average Bonchev–Trinajstić information content (AvgIpc) is 2.90. The summed E-state index contributed by atoms with van der Waals surface area (Å²) < 4.78 is 27.2. The van der Waals surface area contributed by atoms with E-state index in [2.05, 4.69) is 28.8 Å². The molecule has 0 aromatic heterocycles. The molecule has 1 aliphatic rings. The normalized spacial score (nSPS) is 14.1. The summed E-state index contributed by atoms with van der Waals surface area (Å²) in [5, 5.41) is 2.70. The SMILES string of the molecule is CCN(CC)CCCCNS(=O)(=O)c1ccc2c(c1)CC(=O)N2. The molecule has 0 atom stereocenters. The molecule has 7 heteroatoms. The third-order valence-electron chi connectivity index (χ3n) is 4.10. The van der Waals surface area contributed by atoms with E-state index in [0.717, 1.165) is 38.0 Å². The number of sulfonamides is 1. The first-order valence-corrected chi connectivity index (χ1v) is 9.59. The number of rotatable bonds is 9. The molecular weight excluding hydrogens is 314 g/mol. The molecule has 0 radical (unpaired) electrons. The van der Waals surface area contributed by atoms with Crippen molar-refractivity contribution in [2.75, 3.05) is 31.5 Å². The predicted octanol–water partition coefficient (Wildman–Crippen LogP) is 1.58. The minimum atomic E-state index is -3.51. The van der Waals surface area contributed by atoms with Gasteiger partial charge in [0, 0.05) is 12.2 Å². The second kappa shape index (κ2) is 7.90. The van der Waals surface area contributed by atoms with Gasteiger partial charge in [0.05, 0.1) is 11.3 Å². The van der Waals surface area contributed by atoms with Crippen molar-refractivity contribution in [3.8, 4) is 0 Å². The fourth-order valence-corrected chi connectivity index (χ4v) is 3.79. The van der Waals surface area contributed by atoms with Crippen molar-refractivity contribution in [2.45, 2.75) is 38.0 Å². The summed E-state index contributed by atoms with van der Waals surface area (Å²) in [6.07, 6.45) is 2.01. The van der Waals surface area contributed by atoms with Crippen LogP contribution in [0.25, 0.3) is 0 Å². The summed E-state index contributed by atoms with van der Waals surface area (Å²) in [6.45, 7) is 7.70. The van der Waals surface area contributed by atoms with Crippen LogP contribution in [-0.2, 0) is 21.2 Å². The molecule has 6 nitrogen and oxygen atoms in total. The van der Waals surface area contributed by atoms with Gasteiger partial charge in [-0.1, -0.05) is 13.8 Å². The first-order chi connectivity index (χ1) is 11.0. The molecule has 23 heavy (non-hydrogen) atoms. The number of nitrogens with one attached hydrogen (secondary N) is 2. The van der Waals surface area contributed by atoms with E-state index in [1.165, 1.54) is 6.07 Å². The first kappa shape index (κ1) is 17.9. The van der Waals surface area contributed by atoms with Crippen LogP contribution in [-0.4, -0.2) is 45.4 Å². The fourth-order valence-electron chi connectivity index (χ4n) is 2.66. The van der Waals surface area contributed by atoms with Gasteiger partial charge in [-0.05, 0) is 56.2 Å². The number of carbonyl (C=O) groups excluding carboxylic acids is 1. The Morgan fingerprint density at radius 3 is 2.65 bits per heavy atom. The highest BCUT2D eigenvalue weighted by molar-refractivity contribution is 7.89. The summed E-state index contributed by atoms with van der Waals surface area (Å²) in [7, 11) is -3.51. The van der Waals surface area contributed by atoms with Crippen LogP contribution in [0.2, 0.25) is 0 Å². The lowest BCUT2D eigenvalue weighted by molar-refractivity contribution is -0.115. The quantitative estimate of drug-likeness (QED) is 0.670. The summed E-state index contributed by atoms with van der Waals surface area (Å²) >= 11 is 0. The molecule has 1 aliphatic heterocycles. The summed E-state index contributed by atoms with van der Waals surface area (Å²) in [6, 6.07) is 4.75. The van der Waals surface area contributed by atoms with E-state index in [4.69, 9.17) is 0 Å². The standard InChI is InChI=1S/C16H25N3O3S/c1-3-19(4-2)10-6-5-9-17-23(21,22)14-7-8-15-13(11-14)12-16(20)18-15/h7-8,11,17H,3-6,9-10,12H2,1-2H3,(H,18,20). The van der Waals surface area contributed by atoms with E-state index in [-0.39, 0.29) is 17.2 Å². The Morgan fingerprint density at radius 1 is 1.22 bits per heavy atom. The highest BCUT2D eigenvalue weighted by Crippen LogP contribution is 2.25. The Bertz CT molecular complexity index is 655. The molecule has 0 unspecified atom stereocenters. The zero-order valence-corrected chi connectivity index (χ0v) is 14.6. The van der Waals surface area contributed by atoms with Crippen LogP contribution in [0.4, 0.5) is 5.69 Å². The number of amides is 1. The van der Waals surface area contributed by atoms with Crippen LogP contribution in [0.1, 0.15) is 32.3 Å². The van der Waals surface area contributed by atoms with Crippen LogP contribution in [0.3, 0.4) is 0 Å². The Kier molecular flexibility index (Phi) is 6.15. The van der Waals surface area contributed by atoms with Crippen LogP contribution in [0, 0.1) is 0 Å². The molecule has 0 fully saturated rings. The zero-order valence-electron chi connectivity index (χ0n) is 13.8. The van der Waals surface area contributed by atoms with Crippen LogP contribution >= 0.6 is 0 Å². The molecule has 0 saturated carbocycles. The van der Waals surface area contributed by atoms with Gasteiger partial charge in [-0.3, -0.25) is 4.79 Å². The van der Waals surface area contributed by atoms with Gasteiger partial charge >= 0.3 is 0 Å². The lowest BCUT2D eigenvalue weighted by Gasteiger charge is -2.17. The molecule has 0 aliphatic carbocycles. The van der Waals surface area contributed by atoms with E-state index >= 15 is 0 Å². The largest absolute Gasteiger partial charge is 0.326 e. The molecule has 1 heterocycles. The number of nitrogens with zero attached hydrogens (tertiary/aromatic N) is 1. The summed E-state index contributed by atoms with van der Waals surface area (Å²) in [4.78, 5) is 13.9. The van der Waals surface area contributed by atoms with Gasteiger partial charge in [0.15, 0.2) is 0 Å². The van der Waals surface area contributed by atoms with Crippen LogP contribution in [0.5, 0.6) is 0 Å². The number of hydrogen-bond donors (Lipinski definition) is 2. The van der Waals surface area contributed by atoms with Crippen LogP contribution < -0.4 is 10.0 Å². The Labute approximate surface area is 138 Å². The molecule has 1 amide bonds. The number of anilines is 1. The molecular formula is C16H25N3O3S. The number of fused-ring (bicyclic) bond motifs is 1. The van der Waals surface area contributed by atoms with Crippen molar-refractivity contribution in [1.82, 2.24) is 9.62 Å². The van der Waals surface area contributed by atoms with Gasteiger partial charge in [0.1, 0.15) is 0 Å². The number of hydrogen-bond acceptors (Lipinski definition) is 4. The van der Waals surface area contributed by atoms with Crippen molar-refractivity contribution >= 4 is 21.6 Å². The van der Waals surface area contributed by atoms with Gasteiger partial charge in [-0.15, -0.1) is 0 Å². The molecule has 1 aromatic carbocycles. The third kappa shape index (κ3) is 4.76. The van der Waals surface area contributed by atoms with Gasteiger partial charge in [0.25, 0.3) is 0 Å². The minimum absolute atomic E-state index is 0.0982. The van der Waals surface area contributed by atoms with Crippen molar-refractivity contribution in [3.05, 3.63) is 23.8 Å². The zero-order chi connectivity index (χ0) is 16.9. The van der Waals surface area contributed by atoms with Crippen molar-refractivity contribution < 1.29 is 13.2 Å². The monoisotopic (exact) mass is 339 g/mol. The predicted molar refractivity (Wildman–Crippen MR) is 91.0 cm³/mol. The van der Waals surface area contributed by atoms with Gasteiger partial charge < -0.3 is 10.2 Å². The molecule has 128 valence electrons.